The van der Waals surface area contributed by atoms with Crippen molar-refractivity contribution in [2.75, 3.05) is 10.2 Å². The summed E-state index contributed by atoms with van der Waals surface area (Å²) >= 11 is 7.73. The van der Waals surface area contributed by atoms with Gasteiger partial charge in [-0.1, -0.05) is 86.1 Å². The lowest BCUT2D eigenvalue weighted by atomic mass is 9.64. The SMILES string of the molecule is CC(C)Cc1ccc(C(=O)[C@H]2[C@H](C(=O)c3cccs3)N3c4ccc(Cl)cc4C=C[C@@H]3[C@]23C(=O)Nc2ccccc23)cc1. The first-order valence-electron chi connectivity index (χ1n) is 14.2. The van der Waals surface area contributed by atoms with Crippen LogP contribution >= 0.6 is 22.9 Å². The monoisotopic (exact) mass is 592 g/mol. The van der Waals surface area contributed by atoms with E-state index in [1.807, 2.05) is 89.2 Å². The molecule has 210 valence electrons. The Labute approximate surface area is 253 Å². The predicted molar refractivity (Wildman–Crippen MR) is 169 cm³/mol. The van der Waals surface area contributed by atoms with Gasteiger partial charge in [0.1, 0.15) is 11.5 Å². The number of rotatable bonds is 6. The van der Waals surface area contributed by atoms with E-state index in [9.17, 15) is 14.4 Å². The Morgan fingerprint density at radius 1 is 1.00 bits per heavy atom. The van der Waals surface area contributed by atoms with Crippen molar-refractivity contribution >= 4 is 57.9 Å². The van der Waals surface area contributed by atoms with Crippen molar-refractivity contribution in [3.63, 3.8) is 0 Å². The Hall–Kier alpha value is -4.00. The van der Waals surface area contributed by atoms with Crippen LogP contribution in [0.2, 0.25) is 5.02 Å². The normalized spacial score (nSPS) is 23.6. The number of nitrogens with one attached hydrogen (secondary N) is 1. The molecule has 7 rings (SSSR count). The van der Waals surface area contributed by atoms with Gasteiger partial charge < -0.3 is 10.2 Å². The standard InChI is InChI=1S/C35H29ClN2O3S/c1-20(2)18-21-9-11-22(12-10-21)32(39)30-31(33(40)28-8-5-17-42-28)38-27-15-14-24(36)19-23(27)13-16-29(38)35(30)25-6-3-4-7-26(25)37-34(35)41/h3-17,19-20,29-31H,18H2,1-2H3,(H,37,41)/t29-,30-,31-,35+/m1/s1. The van der Waals surface area contributed by atoms with E-state index in [4.69, 9.17) is 11.6 Å². The van der Waals surface area contributed by atoms with Gasteiger partial charge in [-0.3, -0.25) is 14.4 Å². The Morgan fingerprint density at radius 3 is 2.52 bits per heavy atom. The van der Waals surface area contributed by atoms with Crippen molar-refractivity contribution in [1.29, 1.82) is 0 Å². The summed E-state index contributed by atoms with van der Waals surface area (Å²) in [6.45, 7) is 4.32. The molecular formula is C35H29ClN2O3S. The molecule has 0 unspecified atom stereocenters. The molecule has 1 spiro atoms. The van der Waals surface area contributed by atoms with Crippen molar-refractivity contribution in [1.82, 2.24) is 0 Å². The van der Waals surface area contributed by atoms with E-state index in [0.717, 1.165) is 28.8 Å². The fourth-order valence-electron chi connectivity index (χ4n) is 7.17. The van der Waals surface area contributed by atoms with E-state index in [-0.39, 0.29) is 17.5 Å². The number of carbonyl (C=O) groups is 3. The maximum Gasteiger partial charge on any atom is 0.238 e. The van der Waals surface area contributed by atoms with E-state index < -0.39 is 23.4 Å². The highest BCUT2D eigenvalue weighted by atomic mass is 35.5. The summed E-state index contributed by atoms with van der Waals surface area (Å²) < 4.78 is 0. The fourth-order valence-corrected chi connectivity index (χ4v) is 8.05. The molecule has 1 N–H and O–H groups in total. The number of carbonyl (C=O) groups excluding carboxylic acids is 3. The predicted octanol–water partition coefficient (Wildman–Crippen LogP) is 7.46. The van der Waals surface area contributed by atoms with Gasteiger partial charge in [-0.15, -0.1) is 11.3 Å². The molecular weight excluding hydrogens is 564 g/mol. The Kier molecular flexibility index (Phi) is 6.44. The minimum Gasteiger partial charge on any atom is -0.352 e. The molecule has 3 aliphatic rings. The molecule has 3 aromatic carbocycles. The number of anilines is 2. The third-order valence-electron chi connectivity index (χ3n) is 8.79. The number of Topliss-reactive ketones (excluding diaryl/α,β-unsaturated/α-hetero) is 2. The van der Waals surface area contributed by atoms with Crippen molar-refractivity contribution in [3.05, 3.63) is 122 Å². The zero-order valence-corrected chi connectivity index (χ0v) is 24.8. The van der Waals surface area contributed by atoms with E-state index in [0.29, 0.717) is 27.1 Å². The molecule has 3 aliphatic heterocycles. The molecule has 4 aromatic rings. The fraction of sp³-hybridized carbons (Fsp3) is 0.229. The molecule has 1 saturated heterocycles. The smallest absolute Gasteiger partial charge is 0.238 e. The minimum absolute atomic E-state index is 0.171. The van der Waals surface area contributed by atoms with E-state index in [1.54, 1.807) is 12.1 Å². The maximum atomic E-state index is 14.9. The van der Waals surface area contributed by atoms with E-state index in [1.165, 1.54) is 11.3 Å². The number of para-hydroxylation sites is 1. The first kappa shape index (κ1) is 26.9. The topological polar surface area (TPSA) is 66.5 Å². The molecule has 1 amide bonds. The average Bonchev–Trinajstić information content (AvgIpc) is 3.69. The molecule has 1 aromatic heterocycles. The second-order valence-corrected chi connectivity index (χ2v) is 13.1. The Morgan fingerprint density at radius 2 is 1.79 bits per heavy atom. The largest absolute Gasteiger partial charge is 0.352 e. The van der Waals surface area contributed by atoms with Gasteiger partial charge in [-0.05, 0) is 64.7 Å². The summed E-state index contributed by atoms with van der Waals surface area (Å²) in [5, 5.41) is 5.51. The molecule has 1 fully saturated rings. The Balaban J connectivity index is 1.48. The molecule has 4 atom stereocenters. The number of halogens is 1. The zero-order chi connectivity index (χ0) is 29.2. The second kappa shape index (κ2) is 10.1. The van der Waals surface area contributed by atoms with Crippen LogP contribution in [0, 0.1) is 11.8 Å². The lowest BCUT2D eigenvalue weighted by molar-refractivity contribution is -0.121. The van der Waals surface area contributed by atoms with Crippen LogP contribution in [0.1, 0.15) is 50.6 Å². The number of benzene rings is 3. The first-order chi connectivity index (χ1) is 20.3. The molecule has 0 saturated carbocycles. The van der Waals surface area contributed by atoms with Gasteiger partial charge in [0.2, 0.25) is 5.91 Å². The first-order valence-corrected chi connectivity index (χ1v) is 15.4. The number of nitrogens with zero attached hydrogens (tertiary/aromatic N) is 1. The van der Waals surface area contributed by atoms with E-state index >= 15 is 0 Å². The maximum absolute atomic E-state index is 14.9. The number of hydrogen-bond donors (Lipinski definition) is 1. The van der Waals surface area contributed by atoms with Gasteiger partial charge >= 0.3 is 0 Å². The molecule has 4 heterocycles. The lowest BCUT2D eigenvalue weighted by Crippen LogP contribution is -2.51. The van der Waals surface area contributed by atoms with Crippen LogP contribution in [0.3, 0.4) is 0 Å². The van der Waals surface area contributed by atoms with Crippen LogP contribution in [0.5, 0.6) is 0 Å². The molecule has 0 radical (unpaired) electrons. The van der Waals surface area contributed by atoms with E-state index in [2.05, 4.69) is 19.2 Å². The van der Waals surface area contributed by atoms with Crippen LogP contribution < -0.4 is 10.2 Å². The number of thiophene rings is 1. The molecule has 5 nitrogen and oxygen atoms in total. The number of fused-ring (bicyclic) bond motifs is 6. The van der Waals surface area contributed by atoms with Crippen LogP contribution in [0.25, 0.3) is 6.08 Å². The molecule has 42 heavy (non-hydrogen) atoms. The molecule has 7 heteroatoms. The van der Waals surface area contributed by atoms with Crippen LogP contribution in [-0.4, -0.2) is 29.6 Å². The quantitative estimate of drug-likeness (QED) is 0.236. The number of hydrogen-bond acceptors (Lipinski definition) is 5. The number of amides is 1. The summed E-state index contributed by atoms with van der Waals surface area (Å²) in [6, 6.07) is 22.9. The average molecular weight is 593 g/mol. The number of ketones is 2. The summed E-state index contributed by atoms with van der Waals surface area (Å²) in [6.07, 6.45) is 4.82. The van der Waals surface area contributed by atoms with Gasteiger partial charge in [0, 0.05) is 22.0 Å². The Bertz CT molecular complexity index is 1760. The highest BCUT2D eigenvalue weighted by Crippen LogP contribution is 2.58. The van der Waals surface area contributed by atoms with Crippen LogP contribution in [-0.2, 0) is 16.6 Å². The van der Waals surface area contributed by atoms with Crippen molar-refractivity contribution < 1.29 is 14.4 Å². The second-order valence-electron chi connectivity index (χ2n) is 11.7. The molecule has 0 bridgehead atoms. The van der Waals surface area contributed by atoms with Crippen molar-refractivity contribution in [2.45, 2.75) is 37.8 Å². The van der Waals surface area contributed by atoms with Gasteiger partial charge in [0.15, 0.2) is 11.6 Å². The zero-order valence-electron chi connectivity index (χ0n) is 23.2. The summed E-state index contributed by atoms with van der Waals surface area (Å²) in [5.74, 6) is -1.16. The van der Waals surface area contributed by atoms with Gasteiger partial charge in [0.25, 0.3) is 0 Å². The van der Waals surface area contributed by atoms with Crippen molar-refractivity contribution in [2.24, 2.45) is 11.8 Å². The highest BCUT2D eigenvalue weighted by Gasteiger charge is 2.70. The third-order valence-corrected chi connectivity index (χ3v) is 9.91. The van der Waals surface area contributed by atoms with Crippen molar-refractivity contribution in [3.8, 4) is 0 Å². The van der Waals surface area contributed by atoms with Crippen LogP contribution in [0.4, 0.5) is 11.4 Å². The summed E-state index contributed by atoms with van der Waals surface area (Å²) in [5.41, 5.74) is 3.35. The van der Waals surface area contributed by atoms with Gasteiger partial charge in [0.05, 0.1) is 16.8 Å². The van der Waals surface area contributed by atoms with Crippen LogP contribution in [0.15, 0.2) is 90.3 Å². The van der Waals surface area contributed by atoms with Gasteiger partial charge in [-0.2, -0.15) is 0 Å². The van der Waals surface area contributed by atoms with Gasteiger partial charge in [-0.25, -0.2) is 0 Å². The summed E-state index contributed by atoms with van der Waals surface area (Å²) in [4.78, 5) is 46.4. The third kappa shape index (κ3) is 3.92. The minimum atomic E-state index is -1.32. The summed E-state index contributed by atoms with van der Waals surface area (Å²) in [7, 11) is 0. The highest BCUT2D eigenvalue weighted by molar-refractivity contribution is 7.12. The lowest BCUT2D eigenvalue weighted by Gasteiger charge is -2.37. The molecule has 0 aliphatic carbocycles.